The van der Waals surface area contributed by atoms with Gasteiger partial charge in [-0.1, -0.05) is 6.07 Å². The molecule has 0 atom stereocenters. The number of thioether (sulfide) groups is 1. The van der Waals surface area contributed by atoms with Gasteiger partial charge in [0.15, 0.2) is 0 Å². The third kappa shape index (κ3) is 5.04. The van der Waals surface area contributed by atoms with Crippen molar-refractivity contribution < 1.29 is 9.53 Å². The van der Waals surface area contributed by atoms with E-state index in [1.807, 2.05) is 12.1 Å². The number of amides is 1. The molecule has 5 heteroatoms. The fraction of sp³-hybridized carbons (Fsp3) is 0.364. The summed E-state index contributed by atoms with van der Waals surface area (Å²) in [7, 11) is 1.65. The Labute approximate surface area is 99.5 Å². The van der Waals surface area contributed by atoms with Crippen molar-refractivity contribution in [3.05, 3.63) is 24.3 Å². The van der Waals surface area contributed by atoms with E-state index in [1.54, 1.807) is 31.0 Å². The number of rotatable bonds is 6. The summed E-state index contributed by atoms with van der Waals surface area (Å²) in [6.45, 7) is 0.663. The van der Waals surface area contributed by atoms with Crippen molar-refractivity contribution in [2.24, 2.45) is 0 Å². The van der Waals surface area contributed by atoms with Crippen molar-refractivity contribution in [2.45, 2.75) is 0 Å². The third-order valence-corrected chi connectivity index (χ3v) is 2.76. The van der Waals surface area contributed by atoms with Gasteiger partial charge in [0, 0.05) is 24.2 Å². The molecule has 88 valence electrons. The molecule has 1 aromatic carbocycles. The van der Waals surface area contributed by atoms with Gasteiger partial charge in [-0.05, 0) is 18.2 Å². The van der Waals surface area contributed by atoms with E-state index in [2.05, 4.69) is 5.32 Å². The normalized spacial score (nSPS) is 10.1. The van der Waals surface area contributed by atoms with Crippen LogP contribution < -0.4 is 11.1 Å². The molecule has 16 heavy (non-hydrogen) atoms. The Kier molecular flexibility index (Phi) is 5.74. The summed E-state index contributed by atoms with van der Waals surface area (Å²) in [5.74, 6) is 1.23. The molecule has 1 aromatic rings. The third-order valence-electron chi connectivity index (χ3n) is 1.84. The van der Waals surface area contributed by atoms with Crippen LogP contribution in [0.5, 0.6) is 0 Å². The maximum atomic E-state index is 11.5. The van der Waals surface area contributed by atoms with Gasteiger partial charge in [0.2, 0.25) is 5.91 Å². The van der Waals surface area contributed by atoms with Crippen molar-refractivity contribution >= 4 is 29.0 Å². The lowest BCUT2D eigenvalue weighted by molar-refractivity contribution is -0.113. The van der Waals surface area contributed by atoms with E-state index in [1.165, 1.54) is 0 Å². The molecular formula is C11H16N2O2S. The first-order valence-electron chi connectivity index (χ1n) is 4.94. The van der Waals surface area contributed by atoms with Gasteiger partial charge in [0.1, 0.15) is 0 Å². The summed E-state index contributed by atoms with van der Waals surface area (Å²) in [6.07, 6.45) is 0. The lowest BCUT2D eigenvalue weighted by Crippen LogP contribution is -2.14. The zero-order chi connectivity index (χ0) is 11.8. The van der Waals surface area contributed by atoms with E-state index in [4.69, 9.17) is 10.5 Å². The first-order valence-corrected chi connectivity index (χ1v) is 6.10. The van der Waals surface area contributed by atoms with Crippen LogP contribution in [-0.2, 0) is 9.53 Å². The van der Waals surface area contributed by atoms with Gasteiger partial charge in [-0.25, -0.2) is 0 Å². The number of nitrogens with one attached hydrogen (secondary N) is 1. The van der Waals surface area contributed by atoms with E-state index >= 15 is 0 Å². The molecule has 0 aliphatic heterocycles. The Morgan fingerprint density at radius 3 is 3.06 bits per heavy atom. The zero-order valence-electron chi connectivity index (χ0n) is 9.23. The summed E-state index contributed by atoms with van der Waals surface area (Å²) in [6, 6.07) is 7.14. The molecule has 0 spiro atoms. The van der Waals surface area contributed by atoms with Gasteiger partial charge in [-0.3, -0.25) is 4.79 Å². The molecule has 0 heterocycles. The molecule has 0 aliphatic rings. The second-order valence-electron chi connectivity index (χ2n) is 3.22. The monoisotopic (exact) mass is 240 g/mol. The van der Waals surface area contributed by atoms with E-state index in [-0.39, 0.29) is 5.91 Å². The van der Waals surface area contributed by atoms with Gasteiger partial charge >= 0.3 is 0 Å². The number of carbonyl (C=O) groups is 1. The molecule has 0 saturated carbocycles. The maximum absolute atomic E-state index is 11.5. The number of benzene rings is 1. The number of nitrogen functional groups attached to an aromatic ring is 1. The number of methoxy groups -OCH3 is 1. The lowest BCUT2D eigenvalue weighted by atomic mass is 10.3. The molecule has 0 bridgehead atoms. The first-order chi connectivity index (χ1) is 7.72. The van der Waals surface area contributed by atoms with Gasteiger partial charge in [-0.2, -0.15) is 0 Å². The Bertz CT molecular complexity index is 345. The van der Waals surface area contributed by atoms with Gasteiger partial charge in [0.05, 0.1) is 12.4 Å². The van der Waals surface area contributed by atoms with Gasteiger partial charge in [0.25, 0.3) is 0 Å². The number of anilines is 2. The lowest BCUT2D eigenvalue weighted by Gasteiger charge is -2.05. The minimum absolute atomic E-state index is 0.0216. The molecule has 4 nitrogen and oxygen atoms in total. The highest BCUT2D eigenvalue weighted by Crippen LogP contribution is 2.12. The molecule has 0 aliphatic carbocycles. The Morgan fingerprint density at radius 2 is 2.38 bits per heavy atom. The highest BCUT2D eigenvalue weighted by Gasteiger charge is 2.02. The van der Waals surface area contributed by atoms with Crippen molar-refractivity contribution in [3.8, 4) is 0 Å². The Morgan fingerprint density at radius 1 is 1.56 bits per heavy atom. The molecule has 0 fully saturated rings. The Balaban J connectivity index is 2.29. The molecule has 1 amide bonds. The summed E-state index contributed by atoms with van der Waals surface area (Å²) in [4.78, 5) is 11.5. The van der Waals surface area contributed by atoms with Gasteiger partial charge in [-0.15, -0.1) is 11.8 Å². The second kappa shape index (κ2) is 7.14. The van der Waals surface area contributed by atoms with Crippen LogP contribution in [0.4, 0.5) is 11.4 Å². The molecule has 0 saturated heterocycles. The van der Waals surface area contributed by atoms with E-state index in [9.17, 15) is 4.79 Å². The summed E-state index contributed by atoms with van der Waals surface area (Å²) in [5, 5.41) is 2.78. The minimum atomic E-state index is -0.0216. The number of ether oxygens (including phenoxy) is 1. The van der Waals surface area contributed by atoms with E-state index in [0.29, 0.717) is 18.0 Å². The maximum Gasteiger partial charge on any atom is 0.234 e. The highest BCUT2D eigenvalue weighted by atomic mass is 32.2. The van der Waals surface area contributed by atoms with Crippen LogP contribution in [0.25, 0.3) is 0 Å². The zero-order valence-corrected chi connectivity index (χ0v) is 10.0. The average Bonchev–Trinajstić information content (AvgIpc) is 2.24. The van der Waals surface area contributed by atoms with Crippen LogP contribution in [0.1, 0.15) is 0 Å². The molecule has 1 rings (SSSR count). The SMILES string of the molecule is COCCSCC(=O)Nc1cccc(N)c1. The molecule has 0 aromatic heterocycles. The number of hydrogen-bond acceptors (Lipinski definition) is 4. The number of carbonyl (C=O) groups excluding carboxylic acids is 1. The molecule has 0 radical (unpaired) electrons. The highest BCUT2D eigenvalue weighted by molar-refractivity contribution is 7.99. The van der Waals surface area contributed by atoms with Crippen LogP contribution in [0.3, 0.4) is 0 Å². The number of hydrogen-bond donors (Lipinski definition) is 2. The molecular weight excluding hydrogens is 224 g/mol. The van der Waals surface area contributed by atoms with Crippen molar-refractivity contribution in [1.82, 2.24) is 0 Å². The average molecular weight is 240 g/mol. The fourth-order valence-electron chi connectivity index (χ4n) is 1.12. The first kappa shape index (κ1) is 12.9. The fourth-order valence-corrected chi connectivity index (χ4v) is 1.81. The van der Waals surface area contributed by atoms with Gasteiger partial charge < -0.3 is 15.8 Å². The number of nitrogens with two attached hydrogens (primary N) is 1. The van der Waals surface area contributed by atoms with E-state index in [0.717, 1.165) is 11.4 Å². The van der Waals surface area contributed by atoms with Crippen LogP contribution in [-0.4, -0.2) is 31.1 Å². The minimum Gasteiger partial charge on any atom is -0.399 e. The molecule has 0 unspecified atom stereocenters. The van der Waals surface area contributed by atoms with Crippen LogP contribution in [0, 0.1) is 0 Å². The topological polar surface area (TPSA) is 64.3 Å². The van der Waals surface area contributed by atoms with Crippen molar-refractivity contribution in [3.63, 3.8) is 0 Å². The predicted octanol–water partition coefficient (Wildman–Crippen LogP) is 1.59. The summed E-state index contributed by atoms with van der Waals surface area (Å²) in [5.41, 5.74) is 6.98. The van der Waals surface area contributed by atoms with Crippen LogP contribution >= 0.6 is 11.8 Å². The van der Waals surface area contributed by atoms with Crippen molar-refractivity contribution in [2.75, 3.05) is 36.3 Å². The van der Waals surface area contributed by atoms with Crippen LogP contribution in [0.15, 0.2) is 24.3 Å². The largest absolute Gasteiger partial charge is 0.399 e. The summed E-state index contributed by atoms with van der Waals surface area (Å²) >= 11 is 1.54. The second-order valence-corrected chi connectivity index (χ2v) is 4.32. The van der Waals surface area contributed by atoms with E-state index < -0.39 is 0 Å². The Hall–Kier alpha value is -1.20. The standard InChI is InChI=1S/C11H16N2O2S/c1-15-5-6-16-8-11(14)13-10-4-2-3-9(12)7-10/h2-4,7H,5-6,8,12H2,1H3,(H,13,14). The predicted molar refractivity (Wildman–Crippen MR) is 68.7 cm³/mol. The summed E-state index contributed by atoms with van der Waals surface area (Å²) < 4.78 is 4.89. The quantitative estimate of drug-likeness (QED) is 0.585. The molecule has 3 N–H and O–H groups in total. The van der Waals surface area contributed by atoms with Crippen LogP contribution in [0.2, 0.25) is 0 Å². The smallest absolute Gasteiger partial charge is 0.234 e. The van der Waals surface area contributed by atoms with Crippen molar-refractivity contribution in [1.29, 1.82) is 0 Å².